The molecule has 0 unspecified atom stereocenters. The summed E-state index contributed by atoms with van der Waals surface area (Å²) in [6.07, 6.45) is 1.06. The second-order valence-electron chi connectivity index (χ2n) is 4.54. The van der Waals surface area contributed by atoms with E-state index in [0.717, 1.165) is 17.1 Å². The first kappa shape index (κ1) is 14.7. The summed E-state index contributed by atoms with van der Waals surface area (Å²) >= 11 is 2.49. The van der Waals surface area contributed by atoms with E-state index in [2.05, 4.69) is 90.2 Å². The zero-order valence-electron chi connectivity index (χ0n) is 11.2. The Morgan fingerprint density at radius 1 is 0.895 bits per heavy atom. The van der Waals surface area contributed by atoms with Gasteiger partial charge in [0.05, 0.1) is 0 Å². The molecule has 0 aromatic heterocycles. The average Bonchev–Trinajstić information content (AvgIpc) is 2.51. The molecule has 2 rings (SSSR count). The van der Waals surface area contributed by atoms with E-state index in [1.54, 1.807) is 0 Å². The van der Waals surface area contributed by atoms with E-state index in [4.69, 9.17) is 4.43 Å². The molecule has 0 spiro atoms. The monoisotopic (exact) mass is 382 g/mol. The first-order valence-corrected chi connectivity index (χ1v) is 10.3. The number of rotatable bonds is 6. The van der Waals surface area contributed by atoms with Crippen LogP contribution in [-0.4, -0.2) is 19.0 Å². The van der Waals surface area contributed by atoms with E-state index in [1.807, 2.05) is 0 Å². The fourth-order valence-electron chi connectivity index (χ4n) is 2.22. The summed E-state index contributed by atoms with van der Waals surface area (Å²) in [7, 11) is -2.06. The molecule has 0 fully saturated rings. The molecule has 1 nitrogen and oxygen atoms in total. The number of alkyl halides is 1. The third-order valence-corrected chi connectivity index (χ3v) is 10.0. The van der Waals surface area contributed by atoms with Gasteiger partial charge in [-0.3, -0.25) is 0 Å². The topological polar surface area (TPSA) is 9.23 Å². The summed E-state index contributed by atoms with van der Waals surface area (Å²) < 4.78 is 7.47. The summed E-state index contributed by atoms with van der Waals surface area (Å²) in [5.74, 6) is 0. The van der Waals surface area contributed by atoms with Crippen LogP contribution in [0.15, 0.2) is 60.7 Å². The number of benzene rings is 2. The lowest BCUT2D eigenvalue weighted by molar-refractivity contribution is 0.319. The number of hydrogen-bond donors (Lipinski definition) is 0. The maximum atomic E-state index is 6.43. The Kier molecular flexibility index (Phi) is 5.60. The van der Waals surface area contributed by atoms with Gasteiger partial charge in [-0.1, -0.05) is 90.2 Å². The molecule has 0 atom stereocenters. The highest BCUT2D eigenvalue weighted by Gasteiger charge is 2.38. The van der Waals surface area contributed by atoms with Gasteiger partial charge in [0, 0.05) is 10.7 Å². The summed E-state index contributed by atoms with van der Waals surface area (Å²) in [6.45, 7) is 3.00. The highest BCUT2D eigenvalue weighted by Crippen LogP contribution is 2.12. The van der Waals surface area contributed by atoms with Gasteiger partial charge in [0.2, 0.25) is 0 Å². The Bertz CT molecular complexity index is 447. The Balaban J connectivity index is 2.48. The Morgan fingerprint density at radius 3 is 1.74 bits per heavy atom. The van der Waals surface area contributed by atoms with Crippen LogP contribution in [-0.2, 0) is 4.43 Å². The first-order valence-electron chi connectivity index (χ1n) is 6.64. The van der Waals surface area contributed by atoms with E-state index in [-0.39, 0.29) is 0 Å². The summed E-state index contributed by atoms with van der Waals surface area (Å²) in [6, 6.07) is 21.5. The van der Waals surface area contributed by atoms with Gasteiger partial charge in [-0.2, -0.15) is 0 Å². The van der Waals surface area contributed by atoms with Gasteiger partial charge in [0.15, 0.2) is 0 Å². The Hall–Kier alpha value is -0.653. The SMILES string of the molecule is CCCO[Si](CI)(c1ccccc1)c1ccccc1. The molecule has 3 heteroatoms. The molecule has 19 heavy (non-hydrogen) atoms. The van der Waals surface area contributed by atoms with Crippen molar-refractivity contribution in [2.75, 3.05) is 10.7 Å². The Labute approximate surface area is 130 Å². The first-order chi connectivity index (χ1) is 9.33. The lowest BCUT2D eigenvalue weighted by Gasteiger charge is -2.30. The van der Waals surface area contributed by atoms with Gasteiger partial charge in [0.25, 0.3) is 8.32 Å². The fourth-order valence-corrected chi connectivity index (χ4v) is 8.59. The van der Waals surface area contributed by atoms with Crippen molar-refractivity contribution in [3.63, 3.8) is 0 Å². The van der Waals surface area contributed by atoms with Crippen LogP contribution >= 0.6 is 22.6 Å². The number of halogens is 1. The molecule has 2 aromatic carbocycles. The largest absolute Gasteiger partial charge is 0.407 e. The van der Waals surface area contributed by atoms with Gasteiger partial charge < -0.3 is 4.43 Å². The minimum absolute atomic E-state index is 0.832. The van der Waals surface area contributed by atoms with Crippen molar-refractivity contribution < 1.29 is 4.43 Å². The molecule has 0 aliphatic heterocycles. The van der Waals surface area contributed by atoms with E-state index >= 15 is 0 Å². The lowest BCUT2D eigenvalue weighted by Crippen LogP contribution is -2.62. The normalized spacial score (nSPS) is 11.5. The standard InChI is InChI=1S/C16H19IOSi/c1-2-13-18-19(14-17,15-9-5-3-6-10-15)16-11-7-4-8-12-16/h3-12H,2,13-14H2,1H3. The average molecular weight is 382 g/mol. The summed E-state index contributed by atoms with van der Waals surface area (Å²) in [5.41, 5.74) is 0. The molecule has 0 saturated heterocycles. The summed E-state index contributed by atoms with van der Waals surface area (Å²) in [4.78, 5) is 0. The third-order valence-electron chi connectivity index (χ3n) is 3.22. The molecule has 0 aliphatic carbocycles. The molecule has 0 radical (unpaired) electrons. The minimum Gasteiger partial charge on any atom is -0.407 e. The molecule has 0 bridgehead atoms. The van der Waals surface area contributed by atoms with Gasteiger partial charge in [-0.25, -0.2) is 0 Å². The van der Waals surface area contributed by atoms with E-state index in [0.29, 0.717) is 0 Å². The highest BCUT2D eigenvalue weighted by atomic mass is 127. The molecule has 0 aliphatic rings. The predicted octanol–water partition coefficient (Wildman–Crippen LogP) is 3.15. The third kappa shape index (κ3) is 3.27. The van der Waals surface area contributed by atoms with Crippen LogP contribution in [0.4, 0.5) is 0 Å². The number of hydrogen-bond acceptors (Lipinski definition) is 1. The van der Waals surface area contributed by atoms with Crippen LogP contribution in [0.1, 0.15) is 13.3 Å². The van der Waals surface area contributed by atoms with Gasteiger partial charge >= 0.3 is 0 Å². The van der Waals surface area contributed by atoms with E-state index in [9.17, 15) is 0 Å². The van der Waals surface area contributed by atoms with Crippen molar-refractivity contribution in [1.29, 1.82) is 0 Å². The van der Waals surface area contributed by atoms with Crippen molar-refractivity contribution in [3.05, 3.63) is 60.7 Å². The van der Waals surface area contributed by atoms with Crippen molar-refractivity contribution in [2.24, 2.45) is 0 Å². The molecule has 0 N–H and O–H groups in total. The second kappa shape index (κ2) is 7.22. The fraction of sp³-hybridized carbons (Fsp3) is 0.250. The summed E-state index contributed by atoms with van der Waals surface area (Å²) in [5, 5.41) is 2.73. The van der Waals surface area contributed by atoms with Gasteiger partial charge in [0.1, 0.15) is 0 Å². The van der Waals surface area contributed by atoms with Crippen molar-refractivity contribution in [3.8, 4) is 0 Å². The molecule has 100 valence electrons. The van der Waals surface area contributed by atoms with Crippen LogP contribution in [0.5, 0.6) is 0 Å². The van der Waals surface area contributed by atoms with Crippen LogP contribution in [0.25, 0.3) is 0 Å². The maximum absolute atomic E-state index is 6.43. The molecule has 2 aromatic rings. The zero-order valence-corrected chi connectivity index (χ0v) is 14.3. The zero-order chi connectivity index (χ0) is 13.6. The van der Waals surface area contributed by atoms with E-state index in [1.165, 1.54) is 10.4 Å². The van der Waals surface area contributed by atoms with Crippen LogP contribution < -0.4 is 10.4 Å². The van der Waals surface area contributed by atoms with Crippen LogP contribution in [0.2, 0.25) is 0 Å². The Morgan fingerprint density at radius 2 is 1.37 bits per heavy atom. The second-order valence-corrected chi connectivity index (χ2v) is 10.2. The predicted molar refractivity (Wildman–Crippen MR) is 93.0 cm³/mol. The molecule has 0 amide bonds. The molecular weight excluding hydrogens is 363 g/mol. The molecule has 0 heterocycles. The van der Waals surface area contributed by atoms with Crippen molar-refractivity contribution >= 4 is 41.3 Å². The van der Waals surface area contributed by atoms with Crippen LogP contribution in [0, 0.1) is 0 Å². The smallest absolute Gasteiger partial charge is 0.265 e. The van der Waals surface area contributed by atoms with Gasteiger partial charge in [-0.05, 0) is 16.8 Å². The molecular formula is C16H19IOSi. The van der Waals surface area contributed by atoms with Crippen molar-refractivity contribution in [2.45, 2.75) is 13.3 Å². The van der Waals surface area contributed by atoms with Crippen molar-refractivity contribution in [1.82, 2.24) is 0 Å². The minimum atomic E-state index is -2.06. The van der Waals surface area contributed by atoms with E-state index < -0.39 is 8.32 Å². The molecule has 0 saturated carbocycles. The maximum Gasteiger partial charge on any atom is 0.265 e. The quantitative estimate of drug-likeness (QED) is 0.424. The van der Waals surface area contributed by atoms with Gasteiger partial charge in [-0.15, -0.1) is 0 Å². The van der Waals surface area contributed by atoms with Crippen LogP contribution in [0.3, 0.4) is 0 Å². The lowest BCUT2D eigenvalue weighted by atomic mass is 10.4. The highest BCUT2D eigenvalue weighted by molar-refractivity contribution is 14.1.